The fraction of sp³-hybridized carbons (Fsp3) is 0.149. The molecule has 0 fully saturated rings. The zero-order chi connectivity index (χ0) is 61.2. The lowest BCUT2D eigenvalue weighted by Crippen LogP contribution is -2.11. The molecule has 15 aromatic rings. The van der Waals surface area contributed by atoms with Gasteiger partial charge in [-0.1, -0.05) is 181 Å². The van der Waals surface area contributed by atoms with Crippen molar-refractivity contribution < 1.29 is 0 Å². The molecule has 2 nitrogen and oxygen atoms in total. The molecule has 0 saturated carbocycles. The molecular formula is C87H74N2. The van der Waals surface area contributed by atoms with Crippen LogP contribution in [0.5, 0.6) is 0 Å². The van der Waals surface area contributed by atoms with Crippen LogP contribution in [0.1, 0.15) is 80.5 Å². The van der Waals surface area contributed by atoms with Crippen molar-refractivity contribution in [1.82, 2.24) is 0 Å². The first-order valence-electron chi connectivity index (χ1n) is 31.6. The van der Waals surface area contributed by atoms with Gasteiger partial charge in [0.05, 0.1) is 0 Å². The lowest BCUT2D eigenvalue weighted by Gasteiger charge is -2.27. The van der Waals surface area contributed by atoms with Crippen molar-refractivity contribution in [3.63, 3.8) is 0 Å². The molecule has 0 aliphatic carbocycles. The maximum Gasteiger partial charge on any atom is 0.0468 e. The van der Waals surface area contributed by atoms with E-state index in [0.717, 1.165) is 34.1 Å². The second-order valence-corrected chi connectivity index (χ2v) is 27.3. The third kappa shape index (κ3) is 9.65. The Morgan fingerprint density at radius 3 is 0.978 bits per heavy atom. The van der Waals surface area contributed by atoms with Crippen LogP contribution in [-0.2, 0) is 10.8 Å². The van der Waals surface area contributed by atoms with E-state index in [1.54, 1.807) is 0 Å². The minimum Gasteiger partial charge on any atom is -0.310 e. The Hall–Kier alpha value is -10.0. The maximum absolute atomic E-state index is 2.53. The standard InChI is InChI=1S/C87H74N2/c1-53-18-15-25-67(42-53)89(69-35-31-59-44-63(29-27-61(59)46-69)85-56(4)21-17-22-57(85)5)71-37-41-75-79(50-71)77-48-65(87(9,10)11)33-39-73(77)81-51-82-74-40-36-70(49-78(74)76-47-64(86(6,7)8)32-38-72(76)80(82)52-83(75)81)88(66-23-13-12-14-24-66)68-34-30-58-43-62(28-26-60(58)45-68)84-54(2)19-16-20-55(84)3/h12-52H,1-11H3. The SMILES string of the molecule is Cc1cccc(N(c2ccc3cc(-c4c(C)cccc4C)ccc3c2)c2ccc3c(c2)c2cc(C(C)(C)C)ccc2c2cc4c5ccc(N(c6ccccc6)c6ccc7cc(-c8c(C)cccc8C)ccc7c6)cc5c5cc(C(C)(C)C)ccc5c4cc32)c1. The van der Waals surface area contributed by atoms with Crippen molar-refractivity contribution in [2.24, 2.45) is 0 Å². The van der Waals surface area contributed by atoms with E-state index in [1.165, 1.54) is 147 Å². The average Bonchev–Trinajstić information content (AvgIpc) is 0.739. The second-order valence-electron chi connectivity index (χ2n) is 27.3. The van der Waals surface area contributed by atoms with Gasteiger partial charge < -0.3 is 9.80 Å². The third-order valence-electron chi connectivity index (χ3n) is 19.2. The average molecular weight is 1150 g/mol. The number of hydrogen-bond acceptors (Lipinski definition) is 2. The summed E-state index contributed by atoms with van der Waals surface area (Å²) in [5.41, 5.74) is 20.8. The minimum atomic E-state index is -0.0591. The fourth-order valence-electron chi connectivity index (χ4n) is 14.5. The van der Waals surface area contributed by atoms with E-state index in [2.05, 4.69) is 335 Å². The number of benzene rings is 15. The number of anilines is 6. The summed E-state index contributed by atoms with van der Waals surface area (Å²) in [6, 6.07) is 94.9. The molecule has 0 unspecified atom stereocenters. The van der Waals surface area contributed by atoms with Crippen LogP contribution in [0.4, 0.5) is 34.1 Å². The summed E-state index contributed by atoms with van der Waals surface area (Å²) in [5, 5.41) is 19.9. The topological polar surface area (TPSA) is 6.48 Å². The maximum atomic E-state index is 2.53. The predicted molar refractivity (Wildman–Crippen MR) is 388 cm³/mol. The van der Waals surface area contributed by atoms with Crippen molar-refractivity contribution in [2.45, 2.75) is 87.0 Å². The molecule has 0 radical (unpaired) electrons. The predicted octanol–water partition coefficient (Wildman–Crippen LogP) is 25.3. The molecule has 0 aliphatic rings. The van der Waals surface area contributed by atoms with Crippen LogP contribution in [0.2, 0.25) is 0 Å². The Labute approximate surface area is 523 Å². The molecule has 15 rings (SSSR count). The lowest BCUT2D eigenvalue weighted by atomic mass is 9.82. The van der Waals surface area contributed by atoms with Crippen LogP contribution in [0.25, 0.3) is 108 Å². The van der Waals surface area contributed by atoms with Crippen molar-refractivity contribution in [3.05, 3.63) is 288 Å². The number of rotatable bonds is 8. The molecule has 89 heavy (non-hydrogen) atoms. The van der Waals surface area contributed by atoms with Gasteiger partial charge in [-0.15, -0.1) is 0 Å². The largest absolute Gasteiger partial charge is 0.310 e. The highest BCUT2D eigenvalue weighted by Crippen LogP contribution is 2.48. The number of aryl methyl sites for hydroxylation is 5. The van der Waals surface area contributed by atoms with Crippen molar-refractivity contribution in [2.75, 3.05) is 9.80 Å². The van der Waals surface area contributed by atoms with Gasteiger partial charge in [-0.25, -0.2) is 0 Å². The van der Waals surface area contributed by atoms with E-state index in [0.29, 0.717) is 0 Å². The lowest BCUT2D eigenvalue weighted by molar-refractivity contribution is 0.591. The molecule has 432 valence electrons. The number of nitrogens with zero attached hydrogens (tertiary/aromatic N) is 2. The first-order chi connectivity index (χ1) is 42.9. The molecule has 0 N–H and O–H groups in total. The Morgan fingerprint density at radius 1 is 0.225 bits per heavy atom. The monoisotopic (exact) mass is 1150 g/mol. The summed E-state index contributed by atoms with van der Waals surface area (Å²) in [6.07, 6.45) is 0. The molecule has 15 aromatic carbocycles. The van der Waals surface area contributed by atoms with Gasteiger partial charge in [-0.05, 0) is 302 Å². The molecule has 0 saturated heterocycles. The highest BCUT2D eigenvalue weighted by Gasteiger charge is 2.24. The van der Waals surface area contributed by atoms with Gasteiger partial charge in [0.1, 0.15) is 0 Å². The number of para-hydroxylation sites is 1. The first-order valence-corrected chi connectivity index (χ1v) is 31.6. The molecular weight excluding hydrogens is 1070 g/mol. The van der Waals surface area contributed by atoms with E-state index in [9.17, 15) is 0 Å². The van der Waals surface area contributed by atoms with Crippen LogP contribution in [0, 0.1) is 34.6 Å². The van der Waals surface area contributed by atoms with Gasteiger partial charge in [-0.2, -0.15) is 0 Å². The third-order valence-corrected chi connectivity index (χ3v) is 19.2. The Bertz CT molecular complexity index is 5360. The summed E-state index contributed by atoms with van der Waals surface area (Å²) in [6.45, 7) is 25.0. The first kappa shape index (κ1) is 55.6. The van der Waals surface area contributed by atoms with E-state index in [1.807, 2.05) is 0 Å². The molecule has 0 bridgehead atoms. The van der Waals surface area contributed by atoms with Gasteiger partial charge in [0.2, 0.25) is 0 Å². The summed E-state index contributed by atoms with van der Waals surface area (Å²) in [4.78, 5) is 4.89. The smallest absolute Gasteiger partial charge is 0.0468 e. The minimum absolute atomic E-state index is 0.0579. The summed E-state index contributed by atoms with van der Waals surface area (Å²) >= 11 is 0. The molecule has 2 heteroatoms. The van der Waals surface area contributed by atoms with E-state index in [4.69, 9.17) is 0 Å². The van der Waals surface area contributed by atoms with Crippen LogP contribution in [0.3, 0.4) is 0 Å². The summed E-state index contributed by atoms with van der Waals surface area (Å²) in [7, 11) is 0. The Kier molecular flexibility index (Phi) is 13.2. The Morgan fingerprint density at radius 2 is 0.551 bits per heavy atom. The molecule has 0 atom stereocenters. The highest BCUT2D eigenvalue weighted by atomic mass is 15.1. The molecule has 0 aliphatic heterocycles. The van der Waals surface area contributed by atoms with Gasteiger partial charge in [-0.3, -0.25) is 0 Å². The second kappa shape index (κ2) is 21.1. The van der Waals surface area contributed by atoms with Crippen molar-refractivity contribution >= 4 is 120 Å². The van der Waals surface area contributed by atoms with Crippen LogP contribution in [-0.4, -0.2) is 0 Å². The van der Waals surface area contributed by atoms with Crippen LogP contribution >= 0.6 is 0 Å². The van der Waals surface area contributed by atoms with Gasteiger partial charge in [0.15, 0.2) is 0 Å². The summed E-state index contributed by atoms with van der Waals surface area (Å²) in [5.74, 6) is 0. The number of hydrogen-bond donors (Lipinski definition) is 0. The van der Waals surface area contributed by atoms with E-state index < -0.39 is 0 Å². The van der Waals surface area contributed by atoms with E-state index in [-0.39, 0.29) is 10.8 Å². The fourth-order valence-corrected chi connectivity index (χ4v) is 14.5. The summed E-state index contributed by atoms with van der Waals surface area (Å²) < 4.78 is 0. The van der Waals surface area contributed by atoms with Crippen molar-refractivity contribution in [3.8, 4) is 22.3 Å². The van der Waals surface area contributed by atoms with Crippen molar-refractivity contribution in [1.29, 1.82) is 0 Å². The van der Waals surface area contributed by atoms with E-state index >= 15 is 0 Å². The quantitative estimate of drug-likeness (QED) is 0.111. The molecule has 0 spiro atoms. The highest BCUT2D eigenvalue weighted by molar-refractivity contribution is 6.33. The zero-order valence-electron chi connectivity index (χ0n) is 53.1. The van der Waals surface area contributed by atoms with Crippen LogP contribution < -0.4 is 9.80 Å². The number of fused-ring (bicyclic) bond motifs is 14. The normalized spacial score (nSPS) is 12.2. The molecule has 0 heterocycles. The van der Waals surface area contributed by atoms with Crippen LogP contribution in [0.15, 0.2) is 249 Å². The zero-order valence-corrected chi connectivity index (χ0v) is 53.1. The Balaban J connectivity index is 0.935. The van der Waals surface area contributed by atoms with Gasteiger partial charge in [0, 0.05) is 34.1 Å². The van der Waals surface area contributed by atoms with Gasteiger partial charge >= 0.3 is 0 Å². The van der Waals surface area contributed by atoms with Gasteiger partial charge in [0.25, 0.3) is 0 Å². The molecule has 0 amide bonds. The molecule has 0 aromatic heterocycles.